The van der Waals surface area contributed by atoms with Crippen molar-refractivity contribution < 1.29 is 9.32 Å². The van der Waals surface area contributed by atoms with Gasteiger partial charge in [-0.1, -0.05) is 58.1 Å². The maximum atomic E-state index is 12.0. The van der Waals surface area contributed by atoms with Crippen LogP contribution in [-0.4, -0.2) is 31.2 Å². The highest BCUT2D eigenvalue weighted by Crippen LogP contribution is 2.30. The molecule has 0 radical (unpaired) electrons. The molecule has 154 valence electrons. The number of amides is 1. The van der Waals surface area contributed by atoms with Gasteiger partial charge in [0.2, 0.25) is 16.9 Å². The molecule has 30 heavy (non-hydrogen) atoms. The zero-order valence-corrected chi connectivity index (χ0v) is 18.7. The van der Waals surface area contributed by atoms with Crippen molar-refractivity contribution in [3.63, 3.8) is 0 Å². The first kappa shape index (κ1) is 20.6. The zero-order valence-electron chi connectivity index (χ0n) is 16.3. The molecule has 1 amide bonds. The molecule has 8 nitrogen and oxygen atoms in total. The number of thioether (sulfide) groups is 1. The van der Waals surface area contributed by atoms with Crippen molar-refractivity contribution in [3.05, 3.63) is 51.9 Å². The van der Waals surface area contributed by atoms with Crippen molar-refractivity contribution in [1.29, 1.82) is 0 Å². The molecule has 0 unspecified atom stereocenters. The van der Waals surface area contributed by atoms with E-state index in [1.807, 2.05) is 12.3 Å². The van der Waals surface area contributed by atoms with Gasteiger partial charge in [-0.25, -0.2) is 4.98 Å². The predicted molar refractivity (Wildman–Crippen MR) is 118 cm³/mol. The van der Waals surface area contributed by atoms with Gasteiger partial charge in [-0.15, -0.1) is 21.5 Å². The number of aromatic nitrogens is 5. The van der Waals surface area contributed by atoms with Crippen LogP contribution in [0.3, 0.4) is 0 Å². The molecule has 11 heteroatoms. The van der Waals surface area contributed by atoms with E-state index in [-0.39, 0.29) is 12.3 Å². The molecule has 0 saturated heterocycles. The Hall–Kier alpha value is -2.63. The molecule has 0 spiro atoms. The number of aryl methyl sites for hydroxylation is 3. The summed E-state index contributed by atoms with van der Waals surface area (Å²) < 4.78 is 6.19. The number of anilines is 1. The third-order valence-corrected chi connectivity index (χ3v) is 6.77. The van der Waals surface area contributed by atoms with Crippen LogP contribution >= 0.6 is 34.4 Å². The maximum absolute atomic E-state index is 12.0. The summed E-state index contributed by atoms with van der Waals surface area (Å²) in [6.07, 6.45) is 0.607. The molecule has 0 aliphatic carbocycles. The predicted octanol–water partition coefficient (Wildman–Crippen LogP) is 4.53. The van der Waals surface area contributed by atoms with Crippen LogP contribution in [0.1, 0.15) is 28.7 Å². The molecule has 1 N–H and O–H groups in total. The number of benzene rings is 1. The van der Waals surface area contributed by atoms with Crippen LogP contribution < -0.4 is 5.32 Å². The Labute approximate surface area is 185 Å². The van der Waals surface area contributed by atoms with Crippen molar-refractivity contribution >= 4 is 45.5 Å². The summed E-state index contributed by atoms with van der Waals surface area (Å²) in [5.74, 6) is 1.42. The van der Waals surface area contributed by atoms with E-state index in [4.69, 9.17) is 4.52 Å². The Kier molecular flexibility index (Phi) is 6.50. The lowest BCUT2D eigenvalue weighted by Gasteiger charge is -1.98. The van der Waals surface area contributed by atoms with Crippen LogP contribution in [0.25, 0.3) is 11.3 Å². The van der Waals surface area contributed by atoms with E-state index in [1.54, 1.807) is 23.1 Å². The number of hydrogen-bond donors (Lipinski definition) is 1. The van der Waals surface area contributed by atoms with Crippen LogP contribution in [0, 0.1) is 13.8 Å². The van der Waals surface area contributed by atoms with Gasteiger partial charge in [0.25, 0.3) is 0 Å². The topological polar surface area (TPSA) is 107 Å². The fourth-order valence-electron chi connectivity index (χ4n) is 2.51. The lowest BCUT2D eigenvalue weighted by Crippen LogP contribution is -2.12. The van der Waals surface area contributed by atoms with Gasteiger partial charge in [-0.3, -0.25) is 4.79 Å². The normalized spacial score (nSPS) is 11.0. The third kappa shape index (κ3) is 5.49. The minimum absolute atomic E-state index is 0.160. The molecule has 0 bridgehead atoms. The summed E-state index contributed by atoms with van der Waals surface area (Å²) in [4.78, 5) is 21.0. The standard InChI is InChI=1S/C19H18N6O2S3/c1-11-3-5-13(6-4-11)14-9-28-19(20-14)29-10-15-21-17(27-25-15)8-7-16(26)22-18-24-23-12(2)30-18/h3-6,9H,7-8,10H2,1-2H3,(H,22,24,26). The second-order valence-electron chi connectivity index (χ2n) is 6.43. The summed E-state index contributed by atoms with van der Waals surface area (Å²) >= 11 is 4.49. The van der Waals surface area contributed by atoms with Crippen LogP contribution in [0.15, 0.2) is 38.5 Å². The van der Waals surface area contributed by atoms with E-state index >= 15 is 0 Å². The van der Waals surface area contributed by atoms with Gasteiger partial charge < -0.3 is 9.84 Å². The molecule has 4 rings (SSSR count). The third-order valence-electron chi connectivity index (χ3n) is 4.00. The van der Waals surface area contributed by atoms with Crippen molar-refractivity contribution in [2.24, 2.45) is 0 Å². The van der Waals surface area contributed by atoms with Gasteiger partial charge >= 0.3 is 0 Å². The first-order valence-electron chi connectivity index (χ1n) is 9.12. The number of nitrogens with zero attached hydrogens (tertiary/aromatic N) is 5. The summed E-state index contributed by atoms with van der Waals surface area (Å²) in [5.41, 5.74) is 3.30. The van der Waals surface area contributed by atoms with E-state index in [9.17, 15) is 4.79 Å². The lowest BCUT2D eigenvalue weighted by molar-refractivity contribution is -0.116. The van der Waals surface area contributed by atoms with E-state index in [2.05, 4.69) is 61.8 Å². The van der Waals surface area contributed by atoms with Gasteiger partial charge in [0.05, 0.1) is 11.4 Å². The van der Waals surface area contributed by atoms with Crippen molar-refractivity contribution in [2.45, 2.75) is 36.8 Å². The molecule has 3 aromatic heterocycles. The summed E-state index contributed by atoms with van der Waals surface area (Å²) in [6, 6.07) is 8.31. The van der Waals surface area contributed by atoms with E-state index in [0.29, 0.717) is 29.0 Å². The quantitative estimate of drug-likeness (QED) is 0.384. The molecule has 1 aromatic carbocycles. The van der Waals surface area contributed by atoms with E-state index in [0.717, 1.165) is 20.6 Å². The molecule has 0 fully saturated rings. The minimum Gasteiger partial charge on any atom is -0.339 e. The minimum atomic E-state index is -0.160. The van der Waals surface area contributed by atoms with Crippen molar-refractivity contribution in [3.8, 4) is 11.3 Å². The average molecular weight is 459 g/mol. The highest BCUT2D eigenvalue weighted by Gasteiger charge is 2.12. The van der Waals surface area contributed by atoms with Crippen LogP contribution in [0.4, 0.5) is 5.13 Å². The number of hydrogen-bond acceptors (Lipinski definition) is 10. The van der Waals surface area contributed by atoms with Crippen LogP contribution in [0.5, 0.6) is 0 Å². The van der Waals surface area contributed by atoms with Gasteiger partial charge in [0.15, 0.2) is 10.2 Å². The number of rotatable bonds is 8. The average Bonchev–Trinajstić information content (AvgIpc) is 3.47. The van der Waals surface area contributed by atoms with Gasteiger partial charge in [0.1, 0.15) is 5.01 Å². The number of nitrogens with one attached hydrogen (secondary N) is 1. The highest BCUT2D eigenvalue weighted by atomic mass is 32.2. The van der Waals surface area contributed by atoms with E-state index < -0.39 is 0 Å². The van der Waals surface area contributed by atoms with Gasteiger partial charge in [-0.05, 0) is 13.8 Å². The Morgan fingerprint density at radius 1 is 1.17 bits per heavy atom. The Balaban J connectivity index is 1.25. The summed E-state index contributed by atoms with van der Waals surface area (Å²) in [6.45, 7) is 3.90. The number of carbonyl (C=O) groups is 1. The SMILES string of the molecule is Cc1ccc(-c2csc(SCc3noc(CCC(=O)Nc4nnc(C)s4)n3)n2)cc1. The zero-order chi connectivity index (χ0) is 20.9. The molecule has 0 aliphatic heterocycles. The van der Waals surface area contributed by atoms with Crippen molar-refractivity contribution in [1.82, 2.24) is 25.3 Å². The Morgan fingerprint density at radius 3 is 2.77 bits per heavy atom. The fourth-order valence-corrected chi connectivity index (χ4v) is 4.79. The summed E-state index contributed by atoms with van der Waals surface area (Å²) in [5, 5.41) is 17.8. The molecule has 0 saturated carbocycles. The summed E-state index contributed by atoms with van der Waals surface area (Å²) in [7, 11) is 0. The van der Waals surface area contributed by atoms with Crippen LogP contribution in [0.2, 0.25) is 0 Å². The Bertz CT molecular complexity index is 1140. The molecular formula is C19H18N6O2S3. The van der Waals surface area contributed by atoms with Crippen LogP contribution in [-0.2, 0) is 17.0 Å². The largest absolute Gasteiger partial charge is 0.339 e. The van der Waals surface area contributed by atoms with Crippen molar-refractivity contribution in [2.75, 3.05) is 5.32 Å². The second-order valence-corrected chi connectivity index (χ2v) is 9.69. The first-order valence-corrected chi connectivity index (χ1v) is 11.8. The molecule has 0 aliphatic rings. The highest BCUT2D eigenvalue weighted by molar-refractivity contribution is 8.00. The maximum Gasteiger partial charge on any atom is 0.227 e. The smallest absolute Gasteiger partial charge is 0.227 e. The molecule has 3 heterocycles. The number of carbonyl (C=O) groups excluding carboxylic acids is 1. The monoisotopic (exact) mass is 458 g/mol. The lowest BCUT2D eigenvalue weighted by atomic mass is 10.1. The fraction of sp³-hybridized carbons (Fsp3) is 0.263. The van der Waals surface area contributed by atoms with E-state index in [1.165, 1.54) is 16.9 Å². The second kappa shape index (κ2) is 9.45. The Morgan fingerprint density at radius 2 is 2.00 bits per heavy atom. The van der Waals surface area contributed by atoms with Gasteiger partial charge in [-0.2, -0.15) is 4.98 Å². The molecular weight excluding hydrogens is 440 g/mol. The first-order chi connectivity index (χ1) is 14.5. The van der Waals surface area contributed by atoms with Gasteiger partial charge in [0, 0.05) is 23.8 Å². The molecule has 0 atom stereocenters. The molecule has 4 aromatic rings. The number of thiazole rings is 1.